The summed E-state index contributed by atoms with van der Waals surface area (Å²) in [5.74, 6) is 0.0918. The molecule has 0 radical (unpaired) electrons. The van der Waals surface area contributed by atoms with Crippen LogP contribution in [-0.2, 0) is 0 Å². The van der Waals surface area contributed by atoms with Crippen molar-refractivity contribution in [2.75, 3.05) is 0 Å². The Morgan fingerprint density at radius 1 is 0.263 bits per heavy atom. The average molecular weight is 491 g/mol. The summed E-state index contributed by atoms with van der Waals surface area (Å²) >= 11 is 0. The van der Waals surface area contributed by atoms with Gasteiger partial charge in [-0.1, -0.05) is 133 Å². The minimum Gasteiger partial charge on any atom is -0.507 e. The van der Waals surface area contributed by atoms with Crippen molar-refractivity contribution in [1.29, 1.82) is 0 Å². The van der Waals surface area contributed by atoms with E-state index >= 15 is 0 Å². The van der Waals surface area contributed by atoms with Crippen LogP contribution in [0.2, 0.25) is 0 Å². The van der Waals surface area contributed by atoms with Crippen LogP contribution in [0, 0.1) is 0 Å². The van der Waals surface area contributed by atoms with Crippen molar-refractivity contribution in [3.8, 4) is 67.1 Å². The van der Waals surface area contributed by atoms with E-state index in [2.05, 4.69) is 84.9 Å². The van der Waals surface area contributed by atoms with E-state index in [4.69, 9.17) is 0 Å². The van der Waals surface area contributed by atoms with Crippen molar-refractivity contribution in [1.82, 2.24) is 0 Å². The molecular formula is C36H26O2. The number of phenols is 2. The van der Waals surface area contributed by atoms with Crippen LogP contribution in [-0.4, -0.2) is 10.2 Å². The van der Waals surface area contributed by atoms with Crippen molar-refractivity contribution in [2.24, 2.45) is 0 Å². The molecule has 0 bridgehead atoms. The van der Waals surface area contributed by atoms with Crippen LogP contribution >= 0.6 is 0 Å². The molecule has 2 N–H and O–H groups in total. The molecular weight excluding hydrogens is 464 g/mol. The lowest BCUT2D eigenvalue weighted by Crippen LogP contribution is -1.94. The fourth-order valence-corrected chi connectivity index (χ4v) is 5.24. The Hall–Kier alpha value is -5.08. The topological polar surface area (TPSA) is 40.5 Å². The molecule has 0 aromatic heterocycles. The lowest BCUT2D eigenvalue weighted by atomic mass is 9.83. The van der Waals surface area contributed by atoms with E-state index < -0.39 is 0 Å². The summed E-state index contributed by atoms with van der Waals surface area (Å²) in [6.45, 7) is 0. The quantitative estimate of drug-likeness (QED) is 0.253. The second kappa shape index (κ2) is 10.1. The first-order chi connectivity index (χ1) is 18.7. The number of benzene rings is 6. The molecule has 6 aromatic carbocycles. The van der Waals surface area contributed by atoms with Crippen molar-refractivity contribution in [3.63, 3.8) is 0 Å². The van der Waals surface area contributed by atoms with Crippen LogP contribution in [0.4, 0.5) is 0 Å². The maximum Gasteiger partial charge on any atom is 0.127 e. The predicted molar refractivity (Wildman–Crippen MR) is 157 cm³/mol. The van der Waals surface area contributed by atoms with Gasteiger partial charge in [0.15, 0.2) is 0 Å². The van der Waals surface area contributed by atoms with E-state index in [0.29, 0.717) is 5.56 Å². The second-order valence-electron chi connectivity index (χ2n) is 9.22. The number of phenolic OH excluding ortho intramolecular Hbond substituents is 2. The maximum atomic E-state index is 10.7. The summed E-state index contributed by atoms with van der Waals surface area (Å²) in [7, 11) is 0. The zero-order chi connectivity index (χ0) is 25.9. The number of hydrogen-bond acceptors (Lipinski definition) is 2. The molecule has 0 saturated carbocycles. The summed E-state index contributed by atoms with van der Waals surface area (Å²) in [6, 6.07) is 48.5. The highest BCUT2D eigenvalue weighted by molar-refractivity contribution is 6.02. The number of hydrogen-bond donors (Lipinski definition) is 2. The third-order valence-corrected chi connectivity index (χ3v) is 6.94. The maximum absolute atomic E-state index is 10.7. The summed E-state index contributed by atoms with van der Waals surface area (Å²) in [5.41, 5.74) is 9.93. The van der Waals surface area contributed by atoms with E-state index in [-0.39, 0.29) is 11.5 Å². The van der Waals surface area contributed by atoms with Gasteiger partial charge in [0.05, 0.1) is 5.56 Å². The Balaban J connectivity index is 1.67. The largest absolute Gasteiger partial charge is 0.507 e. The van der Waals surface area contributed by atoms with E-state index in [1.807, 2.05) is 42.5 Å². The first-order valence-corrected chi connectivity index (χ1v) is 12.7. The number of rotatable bonds is 5. The van der Waals surface area contributed by atoms with Gasteiger partial charge in [-0.3, -0.25) is 0 Å². The van der Waals surface area contributed by atoms with Gasteiger partial charge < -0.3 is 10.2 Å². The van der Waals surface area contributed by atoms with Crippen molar-refractivity contribution in [3.05, 3.63) is 146 Å². The lowest BCUT2D eigenvalue weighted by molar-refractivity contribution is 0.454. The first-order valence-electron chi connectivity index (χ1n) is 12.7. The molecule has 0 spiro atoms. The predicted octanol–water partition coefficient (Wildman–Crippen LogP) is 9.43. The van der Waals surface area contributed by atoms with Crippen LogP contribution in [0.5, 0.6) is 11.5 Å². The summed E-state index contributed by atoms with van der Waals surface area (Å²) in [4.78, 5) is 0. The summed E-state index contributed by atoms with van der Waals surface area (Å²) in [6.07, 6.45) is 0. The normalized spacial score (nSPS) is 10.8. The fraction of sp³-hybridized carbons (Fsp3) is 0. The smallest absolute Gasteiger partial charge is 0.127 e. The van der Waals surface area contributed by atoms with Gasteiger partial charge in [-0.2, -0.15) is 0 Å². The number of aromatic hydroxyl groups is 2. The second-order valence-corrected chi connectivity index (χ2v) is 9.22. The monoisotopic (exact) mass is 490 g/mol. The van der Waals surface area contributed by atoms with Gasteiger partial charge in [0.2, 0.25) is 0 Å². The third kappa shape index (κ3) is 4.23. The fourth-order valence-electron chi connectivity index (χ4n) is 5.24. The molecule has 0 atom stereocenters. The van der Waals surface area contributed by atoms with Crippen LogP contribution in [0.25, 0.3) is 55.6 Å². The van der Waals surface area contributed by atoms with E-state index in [1.54, 1.807) is 18.2 Å². The Morgan fingerprint density at radius 2 is 0.605 bits per heavy atom. The molecule has 0 aliphatic carbocycles. The zero-order valence-corrected chi connectivity index (χ0v) is 20.8. The van der Waals surface area contributed by atoms with Crippen LogP contribution < -0.4 is 0 Å². The molecule has 0 amide bonds. The first kappa shape index (κ1) is 23.3. The van der Waals surface area contributed by atoms with Crippen LogP contribution in [0.3, 0.4) is 0 Å². The molecule has 2 heteroatoms. The van der Waals surface area contributed by atoms with E-state index in [0.717, 1.165) is 50.1 Å². The van der Waals surface area contributed by atoms with Gasteiger partial charge in [0.1, 0.15) is 11.5 Å². The third-order valence-electron chi connectivity index (χ3n) is 6.94. The molecule has 0 fully saturated rings. The Labute approximate surface area is 222 Å². The minimum absolute atomic E-state index is 0.0459. The Kier molecular flexibility index (Phi) is 6.21. The standard InChI is InChI=1S/C36H26O2/c37-33-23-12-24-34(38)36(33)32-20-10-8-18-30(32)29-17-7-9-19-31(29)35-27(25-13-3-1-4-14-25)21-11-22-28(35)26-15-5-2-6-16-26/h1-24,37-38H. The lowest BCUT2D eigenvalue weighted by Gasteiger charge is -2.21. The van der Waals surface area contributed by atoms with Gasteiger partial charge in [-0.15, -0.1) is 0 Å². The highest BCUT2D eigenvalue weighted by Gasteiger charge is 2.20. The van der Waals surface area contributed by atoms with Gasteiger partial charge in [0.25, 0.3) is 0 Å². The summed E-state index contributed by atoms with van der Waals surface area (Å²) in [5, 5.41) is 21.5. The van der Waals surface area contributed by atoms with Gasteiger partial charge >= 0.3 is 0 Å². The van der Waals surface area contributed by atoms with Gasteiger partial charge in [0, 0.05) is 0 Å². The molecule has 0 unspecified atom stereocenters. The molecule has 0 aliphatic rings. The van der Waals surface area contributed by atoms with E-state index in [1.165, 1.54) is 0 Å². The van der Waals surface area contributed by atoms with Crippen molar-refractivity contribution in [2.45, 2.75) is 0 Å². The minimum atomic E-state index is 0.0459. The molecule has 0 aliphatic heterocycles. The van der Waals surface area contributed by atoms with Crippen molar-refractivity contribution < 1.29 is 10.2 Å². The molecule has 2 nitrogen and oxygen atoms in total. The Bertz CT molecular complexity index is 1640. The SMILES string of the molecule is Oc1cccc(O)c1-c1ccccc1-c1ccccc1-c1c(-c2ccccc2)cccc1-c1ccccc1. The molecule has 38 heavy (non-hydrogen) atoms. The highest BCUT2D eigenvalue weighted by Crippen LogP contribution is 2.47. The molecule has 0 heterocycles. The highest BCUT2D eigenvalue weighted by atomic mass is 16.3. The van der Waals surface area contributed by atoms with Gasteiger partial charge in [-0.05, 0) is 62.2 Å². The van der Waals surface area contributed by atoms with Gasteiger partial charge in [-0.25, -0.2) is 0 Å². The van der Waals surface area contributed by atoms with Crippen LogP contribution in [0.15, 0.2) is 146 Å². The average Bonchev–Trinajstić information content (AvgIpc) is 2.98. The van der Waals surface area contributed by atoms with Crippen molar-refractivity contribution >= 4 is 0 Å². The zero-order valence-electron chi connectivity index (χ0n) is 20.8. The molecule has 182 valence electrons. The molecule has 0 saturated heterocycles. The molecule has 6 rings (SSSR count). The Morgan fingerprint density at radius 3 is 1.08 bits per heavy atom. The summed E-state index contributed by atoms with van der Waals surface area (Å²) < 4.78 is 0. The van der Waals surface area contributed by atoms with E-state index in [9.17, 15) is 10.2 Å². The molecule has 6 aromatic rings. The van der Waals surface area contributed by atoms with Crippen LogP contribution in [0.1, 0.15) is 0 Å².